The molecule has 82 valence electrons. The molecule has 0 radical (unpaired) electrons. The summed E-state index contributed by atoms with van der Waals surface area (Å²) >= 11 is 0. The van der Waals surface area contributed by atoms with Crippen molar-refractivity contribution in [3.05, 3.63) is 0 Å². The van der Waals surface area contributed by atoms with Crippen molar-refractivity contribution in [3.8, 4) is 0 Å². The summed E-state index contributed by atoms with van der Waals surface area (Å²) in [5.41, 5.74) is 5.48. The van der Waals surface area contributed by atoms with Gasteiger partial charge >= 0.3 is 5.97 Å². The molecule has 1 fully saturated rings. The van der Waals surface area contributed by atoms with Crippen LogP contribution in [-0.2, 0) is 4.79 Å². The van der Waals surface area contributed by atoms with E-state index < -0.39 is 12.0 Å². The molecule has 0 amide bonds. The SMILES string of the molecule is CCCN(CC1CC1)C(CN)C(=O)O. The molecule has 3 N–H and O–H groups in total. The van der Waals surface area contributed by atoms with Gasteiger partial charge < -0.3 is 10.8 Å². The van der Waals surface area contributed by atoms with Gasteiger partial charge in [0.15, 0.2) is 0 Å². The highest BCUT2D eigenvalue weighted by Crippen LogP contribution is 2.30. The lowest BCUT2D eigenvalue weighted by atomic mass is 10.2. The maximum Gasteiger partial charge on any atom is 0.322 e. The lowest BCUT2D eigenvalue weighted by Gasteiger charge is -2.27. The zero-order valence-electron chi connectivity index (χ0n) is 8.78. The van der Waals surface area contributed by atoms with Gasteiger partial charge in [0.25, 0.3) is 0 Å². The highest BCUT2D eigenvalue weighted by atomic mass is 16.4. The van der Waals surface area contributed by atoms with E-state index in [0.29, 0.717) is 0 Å². The molecule has 0 aromatic rings. The van der Waals surface area contributed by atoms with Crippen LogP contribution in [0.3, 0.4) is 0 Å². The van der Waals surface area contributed by atoms with Crippen LogP contribution >= 0.6 is 0 Å². The van der Waals surface area contributed by atoms with E-state index in [-0.39, 0.29) is 6.54 Å². The van der Waals surface area contributed by atoms with Gasteiger partial charge in [0.2, 0.25) is 0 Å². The van der Waals surface area contributed by atoms with Gasteiger partial charge in [0.1, 0.15) is 6.04 Å². The molecule has 1 aliphatic rings. The van der Waals surface area contributed by atoms with Gasteiger partial charge in [-0.05, 0) is 31.7 Å². The molecule has 1 aliphatic carbocycles. The van der Waals surface area contributed by atoms with E-state index in [1.165, 1.54) is 12.8 Å². The summed E-state index contributed by atoms with van der Waals surface area (Å²) in [6.45, 7) is 4.02. The van der Waals surface area contributed by atoms with Crippen LogP contribution in [0, 0.1) is 5.92 Å². The molecule has 0 spiro atoms. The first-order valence-corrected chi connectivity index (χ1v) is 5.36. The first kappa shape index (κ1) is 11.5. The lowest BCUT2D eigenvalue weighted by Crippen LogP contribution is -2.47. The van der Waals surface area contributed by atoms with E-state index in [1.54, 1.807) is 0 Å². The van der Waals surface area contributed by atoms with E-state index in [2.05, 4.69) is 6.92 Å². The Morgan fingerprint density at radius 2 is 2.29 bits per heavy atom. The van der Waals surface area contributed by atoms with Crippen LogP contribution in [0.5, 0.6) is 0 Å². The molecule has 0 aromatic carbocycles. The minimum Gasteiger partial charge on any atom is -0.480 e. The minimum atomic E-state index is -0.790. The first-order valence-electron chi connectivity index (χ1n) is 5.36. The fraction of sp³-hybridized carbons (Fsp3) is 0.900. The van der Waals surface area contributed by atoms with Gasteiger partial charge in [-0.15, -0.1) is 0 Å². The number of aliphatic carboxylic acids is 1. The zero-order valence-corrected chi connectivity index (χ0v) is 8.78. The van der Waals surface area contributed by atoms with Crippen LogP contribution in [0.4, 0.5) is 0 Å². The maximum atomic E-state index is 10.9. The molecule has 0 heterocycles. The molecular formula is C10H20N2O2. The van der Waals surface area contributed by atoms with Gasteiger partial charge in [-0.3, -0.25) is 9.69 Å². The Hall–Kier alpha value is -0.610. The molecule has 1 rings (SSSR count). The maximum absolute atomic E-state index is 10.9. The average molecular weight is 200 g/mol. The number of hydrogen-bond donors (Lipinski definition) is 2. The van der Waals surface area contributed by atoms with E-state index in [9.17, 15) is 4.79 Å². The first-order chi connectivity index (χ1) is 6.69. The molecule has 1 unspecified atom stereocenters. The summed E-state index contributed by atoms with van der Waals surface area (Å²) in [7, 11) is 0. The number of carboxylic acids is 1. The Balaban J connectivity index is 2.47. The predicted octanol–water partition coefficient (Wildman–Crippen LogP) is 0.520. The van der Waals surface area contributed by atoms with Crippen molar-refractivity contribution in [2.24, 2.45) is 11.7 Å². The highest BCUT2D eigenvalue weighted by molar-refractivity contribution is 5.73. The van der Waals surface area contributed by atoms with Gasteiger partial charge in [0.05, 0.1) is 0 Å². The summed E-state index contributed by atoms with van der Waals surface area (Å²) in [4.78, 5) is 12.9. The fourth-order valence-electron chi connectivity index (χ4n) is 1.70. The number of carboxylic acid groups (broad SMARTS) is 1. The summed E-state index contributed by atoms with van der Waals surface area (Å²) in [6, 6.07) is -0.490. The Morgan fingerprint density at radius 3 is 2.64 bits per heavy atom. The van der Waals surface area contributed by atoms with E-state index in [4.69, 9.17) is 10.8 Å². The quantitative estimate of drug-likeness (QED) is 0.629. The number of nitrogens with two attached hydrogens (primary N) is 1. The second kappa shape index (κ2) is 5.32. The highest BCUT2D eigenvalue weighted by Gasteiger charge is 2.30. The van der Waals surface area contributed by atoms with Crippen molar-refractivity contribution in [2.75, 3.05) is 19.6 Å². The zero-order chi connectivity index (χ0) is 10.6. The van der Waals surface area contributed by atoms with Crippen molar-refractivity contribution in [1.29, 1.82) is 0 Å². The molecule has 4 nitrogen and oxygen atoms in total. The monoisotopic (exact) mass is 200 g/mol. The molecule has 0 aromatic heterocycles. The Labute approximate surface area is 85.1 Å². The third kappa shape index (κ3) is 3.27. The molecule has 0 bridgehead atoms. The standard InChI is InChI=1S/C10H20N2O2/c1-2-5-12(7-8-3-4-8)9(6-11)10(13)14/h8-9H,2-7,11H2,1H3,(H,13,14). The van der Waals surface area contributed by atoms with Gasteiger partial charge in [-0.25, -0.2) is 0 Å². The van der Waals surface area contributed by atoms with E-state index in [1.807, 2.05) is 4.90 Å². The van der Waals surface area contributed by atoms with Crippen LogP contribution in [0.2, 0.25) is 0 Å². The smallest absolute Gasteiger partial charge is 0.322 e. The molecule has 1 atom stereocenters. The van der Waals surface area contributed by atoms with Gasteiger partial charge in [-0.1, -0.05) is 6.92 Å². The van der Waals surface area contributed by atoms with Gasteiger partial charge in [-0.2, -0.15) is 0 Å². The van der Waals surface area contributed by atoms with Gasteiger partial charge in [0, 0.05) is 13.1 Å². The third-order valence-corrected chi connectivity index (χ3v) is 2.65. The summed E-state index contributed by atoms with van der Waals surface area (Å²) in [6.07, 6.45) is 3.48. The number of rotatable bonds is 7. The summed E-state index contributed by atoms with van der Waals surface area (Å²) in [5.74, 6) is -0.0726. The number of carbonyl (C=O) groups is 1. The number of nitrogens with zero attached hydrogens (tertiary/aromatic N) is 1. The fourth-order valence-corrected chi connectivity index (χ4v) is 1.70. The Bertz CT molecular complexity index is 193. The third-order valence-electron chi connectivity index (χ3n) is 2.65. The Kier molecular flexibility index (Phi) is 4.35. The summed E-state index contributed by atoms with van der Waals surface area (Å²) < 4.78 is 0. The van der Waals surface area contributed by atoms with Crippen molar-refractivity contribution in [2.45, 2.75) is 32.2 Å². The van der Waals surface area contributed by atoms with Crippen LogP contribution in [-0.4, -0.2) is 41.7 Å². The van der Waals surface area contributed by atoms with Crippen LogP contribution < -0.4 is 5.73 Å². The predicted molar refractivity (Wildman–Crippen MR) is 55.1 cm³/mol. The number of hydrogen-bond acceptors (Lipinski definition) is 3. The molecule has 1 saturated carbocycles. The Morgan fingerprint density at radius 1 is 1.64 bits per heavy atom. The van der Waals surface area contributed by atoms with Crippen molar-refractivity contribution in [3.63, 3.8) is 0 Å². The molecular weight excluding hydrogens is 180 g/mol. The second-order valence-electron chi connectivity index (χ2n) is 4.03. The second-order valence-corrected chi connectivity index (χ2v) is 4.03. The van der Waals surface area contributed by atoms with Crippen molar-refractivity contribution < 1.29 is 9.90 Å². The lowest BCUT2D eigenvalue weighted by molar-refractivity contribution is -0.143. The van der Waals surface area contributed by atoms with Crippen LogP contribution in [0.15, 0.2) is 0 Å². The topological polar surface area (TPSA) is 66.6 Å². The summed E-state index contributed by atoms with van der Waals surface area (Å²) in [5, 5.41) is 8.98. The van der Waals surface area contributed by atoms with E-state index in [0.717, 1.165) is 25.4 Å². The molecule has 0 saturated heterocycles. The normalized spacial score (nSPS) is 18.5. The molecule has 0 aliphatic heterocycles. The van der Waals surface area contributed by atoms with Crippen molar-refractivity contribution >= 4 is 5.97 Å². The van der Waals surface area contributed by atoms with E-state index >= 15 is 0 Å². The molecule has 4 heteroatoms. The average Bonchev–Trinajstić information content (AvgIpc) is 2.89. The largest absolute Gasteiger partial charge is 0.480 e. The minimum absolute atomic E-state index is 0.210. The van der Waals surface area contributed by atoms with Crippen molar-refractivity contribution in [1.82, 2.24) is 4.90 Å². The molecule has 14 heavy (non-hydrogen) atoms. The van der Waals surface area contributed by atoms with Crippen LogP contribution in [0.25, 0.3) is 0 Å². The van der Waals surface area contributed by atoms with Crippen LogP contribution in [0.1, 0.15) is 26.2 Å².